The van der Waals surface area contributed by atoms with Gasteiger partial charge in [-0.15, -0.1) is 0 Å². The van der Waals surface area contributed by atoms with Gasteiger partial charge in [-0.05, 0) is 43.0 Å². The van der Waals surface area contributed by atoms with Crippen molar-refractivity contribution >= 4 is 17.3 Å². The summed E-state index contributed by atoms with van der Waals surface area (Å²) in [4.78, 5) is 22.1. The molecule has 1 aromatic carbocycles. The Morgan fingerprint density at radius 2 is 1.96 bits per heavy atom. The number of nitrogens with one attached hydrogen (secondary N) is 1. The number of halogens is 3. The second-order valence-electron chi connectivity index (χ2n) is 6.62. The lowest BCUT2D eigenvalue weighted by molar-refractivity contribution is -0.388. The van der Waals surface area contributed by atoms with Crippen molar-refractivity contribution in [3.8, 4) is 5.75 Å². The predicted molar refractivity (Wildman–Crippen MR) is 94.2 cm³/mol. The minimum Gasteiger partial charge on any atom is -0.508 e. The Bertz CT molecular complexity index is 935. The van der Waals surface area contributed by atoms with Crippen molar-refractivity contribution in [2.75, 3.05) is 5.32 Å². The number of amides is 1. The summed E-state index contributed by atoms with van der Waals surface area (Å²) in [7, 11) is 0. The Morgan fingerprint density at radius 3 is 2.43 bits per heavy atom. The molecule has 2 rings (SSSR count). The lowest BCUT2D eigenvalue weighted by Crippen LogP contribution is -2.21. The molecule has 2 N–H and O–H groups in total. The number of aromatic hydroxyl groups is 1. The fourth-order valence-electron chi connectivity index (χ4n) is 2.73. The number of alkyl halides is 3. The zero-order chi connectivity index (χ0) is 21.4. The summed E-state index contributed by atoms with van der Waals surface area (Å²) in [5.74, 6) is -0.668. The number of benzene rings is 1. The molecule has 0 saturated heterocycles. The third-order valence-corrected chi connectivity index (χ3v) is 4.19. The number of nitro groups is 1. The van der Waals surface area contributed by atoms with Gasteiger partial charge in [0.05, 0.1) is 4.92 Å². The Labute approximate surface area is 158 Å². The molecular formula is C17H19F3N4O4. The summed E-state index contributed by atoms with van der Waals surface area (Å²) >= 11 is 0. The molecule has 28 heavy (non-hydrogen) atoms. The van der Waals surface area contributed by atoms with Crippen molar-refractivity contribution in [2.24, 2.45) is 0 Å². The van der Waals surface area contributed by atoms with Gasteiger partial charge in [-0.2, -0.15) is 18.3 Å². The maximum Gasteiger partial charge on any atom is 0.442 e. The monoisotopic (exact) mass is 400 g/mol. The second kappa shape index (κ2) is 7.49. The third kappa shape index (κ3) is 4.24. The van der Waals surface area contributed by atoms with Crippen molar-refractivity contribution in [1.82, 2.24) is 9.78 Å². The van der Waals surface area contributed by atoms with E-state index in [1.807, 2.05) is 13.8 Å². The smallest absolute Gasteiger partial charge is 0.442 e. The van der Waals surface area contributed by atoms with Crippen LogP contribution in [0.15, 0.2) is 12.1 Å². The van der Waals surface area contributed by atoms with Gasteiger partial charge in [0.2, 0.25) is 11.6 Å². The van der Waals surface area contributed by atoms with Crippen LogP contribution in [0, 0.1) is 24.0 Å². The highest BCUT2D eigenvalue weighted by Gasteiger charge is 2.44. The first-order chi connectivity index (χ1) is 12.8. The molecule has 0 aliphatic heterocycles. The van der Waals surface area contributed by atoms with Crippen LogP contribution in [0.25, 0.3) is 0 Å². The van der Waals surface area contributed by atoms with E-state index >= 15 is 0 Å². The summed E-state index contributed by atoms with van der Waals surface area (Å²) in [6.45, 7) is 5.80. The molecule has 0 bridgehead atoms. The Morgan fingerprint density at radius 1 is 1.36 bits per heavy atom. The average Bonchev–Trinajstić information content (AvgIpc) is 2.86. The van der Waals surface area contributed by atoms with Crippen molar-refractivity contribution < 1.29 is 28.0 Å². The van der Waals surface area contributed by atoms with Gasteiger partial charge in [-0.25, -0.2) is 0 Å². The number of carbonyl (C=O) groups is 1. The number of phenolic OH excluding ortho intramolecular Hbond substituents is 1. The topological polar surface area (TPSA) is 110 Å². The highest BCUT2D eigenvalue weighted by Crippen LogP contribution is 2.37. The summed E-state index contributed by atoms with van der Waals surface area (Å²) < 4.78 is 39.6. The van der Waals surface area contributed by atoms with Crippen LogP contribution in [0.3, 0.4) is 0 Å². The molecule has 0 unspecified atom stereocenters. The largest absolute Gasteiger partial charge is 0.508 e. The summed E-state index contributed by atoms with van der Waals surface area (Å²) in [6.07, 6.45) is -5.02. The number of hydrogen-bond donors (Lipinski definition) is 2. The summed E-state index contributed by atoms with van der Waals surface area (Å²) in [5, 5.41) is 26.7. The lowest BCUT2D eigenvalue weighted by Gasteiger charge is -2.14. The number of aryl methyl sites for hydroxylation is 1. The van der Waals surface area contributed by atoms with Crippen molar-refractivity contribution in [2.45, 2.75) is 46.3 Å². The van der Waals surface area contributed by atoms with Gasteiger partial charge in [0.15, 0.2) is 0 Å². The minimum absolute atomic E-state index is 0.0263. The van der Waals surface area contributed by atoms with Gasteiger partial charge in [-0.3, -0.25) is 19.6 Å². The molecule has 11 heteroatoms. The maximum atomic E-state index is 13.0. The van der Waals surface area contributed by atoms with Gasteiger partial charge >= 0.3 is 11.9 Å². The zero-order valence-corrected chi connectivity index (χ0v) is 15.6. The lowest BCUT2D eigenvalue weighted by atomic mass is 9.99. The minimum atomic E-state index is -5.02. The standard InChI is InChI=1S/C17H19F3N4O4/c1-8(2)11-6-12(9(3)5-13(11)25)21-14(26)7-23-10(4)15(24(27)28)16(22-23)17(18,19)20/h5-6,8,25H,7H2,1-4H3,(H,21,26). The normalized spacial score (nSPS) is 11.7. The van der Waals surface area contributed by atoms with Gasteiger partial charge in [0.25, 0.3) is 0 Å². The highest BCUT2D eigenvalue weighted by molar-refractivity contribution is 5.91. The first-order valence-corrected chi connectivity index (χ1v) is 8.25. The second-order valence-corrected chi connectivity index (χ2v) is 6.62. The summed E-state index contributed by atoms with van der Waals surface area (Å²) in [6, 6.07) is 3.05. The van der Waals surface area contributed by atoms with Crippen molar-refractivity contribution in [1.29, 1.82) is 0 Å². The van der Waals surface area contributed by atoms with E-state index in [0.29, 0.717) is 21.5 Å². The number of phenols is 1. The Balaban J connectivity index is 2.32. The van der Waals surface area contributed by atoms with E-state index in [9.17, 15) is 33.2 Å². The first kappa shape index (κ1) is 21.2. The van der Waals surface area contributed by atoms with E-state index in [4.69, 9.17) is 0 Å². The molecule has 0 radical (unpaired) electrons. The van der Waals surface area contributed by atoms with Crippen molar-refractivity contribution in [3.63, 3.8) is 0 Å². The van der Waals surface area contributed by atoms with Crippen LogP contribution in [0.2, 0.25) is 0 Å². The summed E-state index contributed by atoms with van der Waals surface area (Å²) in [5.41, 5.74) is -1.69. The number of rotatable bonds is 5. The first-order valence-electron chi connectivity index (χ1n) is 8.25. The van der Waals surface area contributed by atoms with Gasteiger partial charge in [0.1, 0.15) is 18.0 Å². The SMILES string of the molecule is Cc1cc(O)c(C(C)C)cc1NC(=O)Cn1nc(C(F)(F)F)c([N+](=O)[O-])c1C. The fourth-order valence-corrected chi connectivity index (χ4v) is 2.73. The van der Waals surface area contributed by atoms with E-state index in [1.165, 1.54) is 6.07 Å². The molecule has 152 valence electrons. The van der Waals surface area contributed by atoms with Crippen LogP contribution in [0.5, 0.6) is 5.75 Å². The highest BCUT2D eigenvalue weighted by atomic mass is 19.4. The molecule has 2 aromatic rings. The number of hydrogen-bond acceptors (Lipinski definition) is 5. The predicted octanol–water partition coefficient (Wildman–Crippen LogP) is 3.89. The molecule has 0 aliphatic carbocycles. The molecule has 0 aliphatic rings. The van der Waals surface area contributed by atoms with E-state index in [0.717, 1.165) is 6.92 Å². The van der Waals surface area contributed by atoms with Gasteiger partial charge in [-0.1, -0.05) is 13.8 Å². The molecule has 1 amide bonds. The van der Waals surface area contributed by atoms with Crippen LogP contribution in [-0.2, 0) is 17.5 Å². The Hall–Kier alpha value is -3.11. The van der Waals surface area contributed by atoms with Gasteiger partial charge in [0, 0.05) is 5.69 Å². The Kier molecular flexibility index (Phi) is 5.67. The van der Waals surface area contributed by atoms with Crippen molar-refractivity contribution in [3.05, 3.63) is 44.8 Å². The average molecular weight is 400 g/mol. The molecule has 0 atom stereocenters. The molecule has 0 fully saturated rings. The number of aromatic nitrogens is 2. The molecule has 0 spiro atoms. The van der Waals surface area contributed by atoms with Crippen LogP contribution in [0.1, 0.15) is 42.3 Å². The van der Waals surface area contributed by atoms with E-state index in [2.05, 4.69) is 10.4 Å². The third-order valence-electron chi connectivity index (χ3n) is 4.19. The molecule has 1 heterocycles. The molecule has 8 nitrogen and oxygen atoms in total. The molecular weight excluding hydrogens is 381 g/mol. The van der Waals surface area contributed by atoms with Crippen LogP contribution in [0.4, 0.5) is 24.5 Å². The van der Waals surface area contributed by atoms with Crippen LogP contribution < -0.4 is 5.32 Å². The van der Waals surface area contributed by atoms with E-state index in [-0.39, 0.29) is 17.4 Å². The fraction of sp³-hybridized carbons (Fsp3) is 0.412. The molecule has 0 saturated carbocycles. The van der Waals surface area contributed by atoms with Crippen LogP contribution in [-0.4, -0.2) is 25.7 Å². The quantitative estimate of drug-likeness (QED) is 0.449. The molecule has 1 aromatic heterocycles. The van der Waals surface area contributed by atoms with E-state index in [1.54, 1.807) is 13.0 Å². The van der Waals surface area contributed by atoms with Crippen LogP contribution >= 0.6 is 0 Å². The zero-order valence-electron chi connectivity index (χ0n) is 15.6. The maximum absolute atomic E-state index is 13.0. The number of nitrogens with zero attached hydrogens (tertiary/aromatic N) is 3. The van der Waals surface area contributed by atoms with Gasteiger partial charge < -0.3 is 10.4 Å². The van der Waals surface area contributed by atoms with E-state index < -0.39 is 34.9 Å². The number of anilines is 1. The number of carbonyl (C=O) groups excluding carboxylic acids is 1.